The normalized spacial score (nSPS) is 10.6. The van der Waals surface area contributed by atoms with Gasteiger partial charge in [0.1, 0.15) is 0 Å². The Hall–Kier alpha value is -3.29. The lowest BCUT2D eigenvalue weighted by Crippen LogP contribution is -2.15. The Morgan fingerprint density at radius 2 is 1.57 bits per heavy atom. The Morgan fingerprint density at radius 3 is 2.30 bits per heavy atom. The van der Waals surface area contributed by atoms with Crippen molar-refractivity contribution in [1.29, 1.82) is 0 Å². The van der Waals surface area contributed by atoms with Crippen LogP contribution in [0.5, 0.6) is 0 Å². The second-order valence-electron chi connectivity index (χ2n) is 6.28. The molecule has 0 fully saturated rings. The number of thioether (sulfide) groups is 1. The minimum absolute atomic E-state index is 0.168. The number of hydrogen-bond acceptors (Lipinski definition) is 5. The monoisotopic (exact) mass is 435 g/mol. The molecule has 0 saturated heterocycles. The summed E-state index contributed by atoms with van der Waals surface area (Å²) in [5, 5.41) is 15.8. The highest BCUT2D eigenvalue weighted by atomic mass is 35.5. The molecule has 2 N–H and O–H groups in total. The Kier molecular flexibility index (Phi) is 6.32. The van der Waals surface area contributed by atoms with Crippen molar-refractivity contribution in [1.82, 2.24) is 14.8 Å². The molecule has 8 heteroatoms. The quantitative estimate of drug-likeness (QED) is 0.380. The predicted octanol–water partition coefficient (Wildman–Crippen LogP) is 5.40. The van der Waals surface area contributed by atoms with E-state index in [-0.39, 0.29) is 11.7 Å². The van der Waals surface area contributed by atoms with Crippen LogP contribution in [0, 0.1) is 0 Å². The molecule has 0 atom stereocenters. The van der Waals surface area contributed by atoms with Gasteiger partial charge in [-0.2, -0.15) is 0 Å². The molecule has 150 valence electrons. The van der Waals surface area contributed by atoms with Crippen LogP contribution in [-0.4, -0.2) is 26.4 Å². The Labute approximate surface area is 183 Å². The molecule has 6 nitrogen and oxygen atoms in total. The maximum absolute atomic E-state index is 12.4. The van der Waals surface area contributed by atoms with Gasteiger partial charge in [0.2, 0.25) is 11.9 Å². The highest BCUT2D eigenvalue weighted by Gasteiger charge is 2.16. The van der Waals surface area contributed by atoms with Gasteiger partial charge in [0.25, 0.3) is 0 Å². The lowest BCUT2D eigenvalue weighted by molar-refractivity contribution is -0.113. The van der Waals surface area contributed by atoms with Crippen molar-refractivity contribution in [3.8, 4) is 5.69 Å². The van der Waals surface area contributed by atoms with Gasteiger partial charge >= 0.3 is 0 Å². The number of hydrogen-bond donors (Lipinski definition) is 2. The Bertz CT molecular complexity index is 1130. The van der Waals surface area contributed by atoms with Crippen molar-refractivity contribution in [3.63, 3.8) is 0 Å². The number of benzene rings is 3. The number of anilines is 3. The van der Waals surface area contributed by atoms with Crippen LogP contribution < -0.4 is 10.6 Å². The van der Waals surface area contributed by atoms with E-state index in [9.17, 15) is 4.79 Å². The molecule has 0 spiro atoms. The van der Waals surface area contributed by atoms with Gasteiger partial charge in [-0.3, -0.25) is 9.36 Å². The number of rotatable bonds is 7. The fourth-order valence-corrected chi connectivity index (χ4v) is 3.72. The summed E-state index contributed by atoms with van der Waals surface area (Å²) >= 11 is 7.42. The highest BCUT2D eigenvalue weighted by Crippen LogP contribution is 2.27. The van der Waals surface area contributed by atoms with Crippen LogP contribution in [0.25, 0.3) is 5.69 Å². The molecule has 0 aliphatic rings. The van der Waals surface area contributed by atoms with Gasteiger partial charge < -0.3 is 10.6 Å². The average molecular weight is 436 g/mol. The van der Waals surface area contributed by atoms with E-state index in [4.69, 9.17) is 11.6 Å². The molecule has 0 bridgehead atoms. The van der Waals surface area contributed by atoms with Crippen LogP contribution in [0.4, 0.5) is 17.3 Å². The third-order valence-electron chi connectivity index (χ3n) is 4.16. The van der Waals surface area contributed by atoms with E-state index >= 15 is 0 Å². The van der Waals surface area contributed by atoms with Crippen LogP contribution in [0.1, 0.15) is 0 Å². The zero-order valence-corrected chi connectivity index (χ0v) is 17.4. The summed E-state index contributed by atoms with van der Waals surface area (Å²) in [4.78, 5) is 12.4. The SMILES string of the molecule is O=C(CSc1nnc(Nc2ccccc2)n1-c1ccccc1)Nc1ccccc1Cl. The summed E-state index contributed by atoms with van der Waals surface area (Å²) < 4.78 is 1.89. The van der Waals surface area contributed by atoms with Crippen molar-refractivity contribution in [2.75, 3.05) is 16.4 Å². The molecular formula is C22H18ClN5OS. The maximum Gasteiger partial charge on any atom is 0.234 e. The van der Waals surface area contributed by atoms with Gasteiger partial charge in [-0.05, 0) is 36.4 Å². The first-order chi connectivity index (χ1) is 14.7. The van der Waals surface area contributed by atoms with E-state index in [1.807, 2.05) is 77.4 Å². The van der Waals surface area contributed by atoms with Crippen molar-refractivity contribution in [2.45, 2.75) is 5.16 Å². The second kappa shape index (κ2) is 9.47. The van der Waals surface area contributed by atoms with Gasteiger partial charge in [-0.1, -0.05) is 71.9 Å². The summed E-state index contributed by atoms with van der Waals surface area (Å²) in [5.74, 6) is 0.566. The number of para-hydroxylation sites is 3. The molecule has 0 aliphatic carbocycles. The molecular weight excluding hydrogens is 418 g/mol. The first-order valence-electron chi connectivity index (χ1n) is 9.21. The lowest BCUT2D eigenvalue weighted by atomic mass is 10.3. The number of amides is 1. The fraction of sp³-hybridized carbons (Fsp3) is 0.0455. The standard InChI is InChI=1S/C22H18ClN5OS/c23-18-13-7-8-14-19(18)25-20(29)15-30-22-27-26-21(24-16-9-3-1-4-10-16)28(22)17-11-5-2-6-12-17/h1-14H,15H2,(H,24,26)(H,25,29). The predicted molar refractivity (Wildman–Crippen MR) is 122 cm³/mol. The van der Waals surface area contributed by atoms with Gasteiger partial charge in [0.05, 0.1) is 22.2 Å². The van der Waals surface area contributed by atoms with Crippen LogP contribution in [0.15, 0.2) is 90.1 Å². The van der Waals surface area contributed by atoms with E-state index in [0.29, 0.717) is 21.8 Å². The molecule has 0 saturated carbocycles. The van der Waals surface area contributed by atoms with E-state index in [1.54, 1.807) is 12.1 Å². The molecule has 4 rings (SSSR count). The summed E-state index contributed by atoms with van der Waals surface area (Å²) in [6.45, 7) is 0. The zero-order chi connectivity index (χ0) is 20.8. The number of carbonyl (C=O) groups excluding carboxylic acids is 1. The Balaban J connectivity index is 1.54. The number of aromatic nitrogens is 3. The highest BCUT2D eigenvalue weighted by molar-refractivity contribution is 7.99. The summed E-state index contributed by atoms with van der Waals surface area (Å²) in [6.07, 6.45) is 0. The van der Waals surface area contributed by atoms with Gasteiger partial charge in [0, 0.05) is 5.69 Å². The number of nitrogens with one attached hydrogen (secondary N) is 2. The molecule has 1 amide bonds. The third kappa shape index (κ3) is 4.82. The van der Waals surface area contributed by atoms with E-state index < -0.39 is 0 Å². The molecule has 1 heterocycles. The van der Waals surface area contributed by atoms with E-state index in [0.717, 1.165) is 11.4 Å². The molecule has 3 aromatic carbocycles. The van der Waals surface area contributed by atoms with Gasteiger partial charge in [-0.25, -0.2) is 0 Å². The molecule has 0 unspecified atom stereocenters. The van der Waals surface area contributed by atoms with Crippen LogP contribution >= 0.6 is 23.4 Å². The van der Waals surface area contributed by atoms with Crippen molar-refractivity contribution in [2.24, 2.45) is 0 Å². The third-order valence-corrected chi connectivity index (χ3v) is 5.42. The van der Waals surface area contributed by atoms with Crippen molar-refractivity contribution < 1.29 is 4.79 Å². The van der Waals surface area contributed by atoms with Crippen LogP contribution in [0.2, 0.25) is 5.02 Å². The van der Waals surface area contributed by atoms with Crippen molar-refractivity contribution in [3.05, 3.63) is 90.0 Å². The lowest BCUT2D eigenvalue weighted by Gasteiger charge is -2.11. The van der Waals surface area contributed by atoms with E-state index in [2.05, 4.69) is 20.8 Å². The first kappa shape index (κ1) is 20.0. The summed E-state index contributed by atoms with van der Waals surface area (Å²) in [6, 6.07) is 26.6. The summed E-state index contributed by atoms with van der Waals surface area (Å²) in [7, 11) is 0. The summed E-state index contributed by atoms with van der Waals surface area (Å²) in [5.41, 5.74) is 2.38. The molecule has 0 radical (unpaired) electrons. The average Bonchev–Trinajstić information content (AvgIpc) is 3.17. The molecule has 1 aromatic heterocycles. The largest absolute Gasteiger partial charge is 0.324 e. The van der Waals surface area contributed by atoms with Crippen LogP contribution in [0.3, 0.4) is 0 Å². The van der Waals surface area contributed by atoms with Crippen LogP contribution in [-0.2, 0) is 4.79 Å². The fourth-order valence-electron chi connectivity index (χ4n) is 2.78. The zero-order valence-electron chi connectivity index (χ0n) is 15.8. The maximum atomic E-state index is 12.4. The second-order valence-corrected chi connectivity index (χ2v) is 7.63. The minimum Gasteiger partial charge on any atom is -0.324 e. The van der Waals surface area contributed by atoms with E-state index in [1.165, 1.54) is 11.8 Å². The number of carbonyl (C=O) groups is 1. The smallest absolute Gasteiger partial charge is 0.234 e. The topological polar surface area (TPSA) is 71.8 Å². The van der Waals surface area contributed by atoms with Gasteiger partial charge in [-0.15, -0.1) is 10.2 Å². The molecule has 0 aliphatic heterocycles. The number of halogens is 1. The number of nitrogens with zero attached hydrogens (tertiary/aromatic N) is 3. The first-order valence-corrected chi connectivity index (χ1v) is 10.6. The van der Waals surface area contributed by atoms with Crippen molar-refractivity contribution >= 4 is 46.6 Å². The Morgan fingerprint density at radius 1 is 0.900 bits per heavy atom. The molecule has 30 heavy (non-hydrogen) atoms. The molecule has 4 aromatic rings. The minimum atomic E-state index is -0.173. The van der Waals surface area contributed by atoms with Gasteiger partial charge in [0.15, 0.2) is 5.16 Å².